The average Bonchev–Trinajstić information content (AvgIpc) is 3.26. The maximum atomic E-state index is 13.8. The van der Waals surface area contributed by atoms with Gasteiger partial charge in [-0.3, -0.25) is 4.79 Å². The van der Waals surface area contributed by atoms with Gasteiger partial charge in [0, 0.05) is 31.6 Å². The van der Waals surface area contributed by atoms with Gasteiger partial charge in [0.2, 0.25) is 11.7 Å². The lowest BCUT2D eigenvalue weighted by Crippen LogP contribution is -2.43. The third-order valence-electron chi connectivity index (χ3n) is 6.03. The van der Waals surface area contributed by atoms with Gasteiger partial charge in [-0.1, -0.05) is 36.4 Å². The molecule has 0 fully saturated rings. The Morgan fingerprint density at radius 1 is 1.06 bits per heavy atom. The summed E-state index contributed by atoms with van der Waals surface area (Å²) in [5.41, 5.74) is 1.50. The topological polar surface area (TPSA) is 63.1 Å². The lowest BCUT2D eigenvalue weighted by atomic mass is 9.99. The Hall–Kier alpha value is -3.34. The van der Waals surface area contributed by atoms with E-state index in [-0.39, 0.29) is 50.2 Å². The quantitative estimate of drug-likeness (QED) is 0.500. The van der Waals surface area contributed by atoms with E-state index in [2.05, 4.69) is 15.5 Å². The third-order valence-corrected chi connectivity index (χ3v) is 6.03. The van der Waals surface area contributed by atoms with E-state index in [4.69, 9.17) is 0 Å². The Morgan fingerprint density at radius 2 is 1.80 bits per heavy atom. The van der Waals surface area contributed by atoms with Crippen LogP contribution in [0.15, 0.2) is 48.5 Å². The largest absolute Gasteiger partial charge is 0.451 e. The van der Waals surface area contributed by atoms with Crippen molar-refractivity contribution >= 4 is 5.91 Å². The van der Waals surface area contributed by atoms with Crippen molar-refractivity contribution in [1.82, 2.24) is 25.0 Å². The number of hydrogen-bond donors (Lipinski definition) is 1. The minimum Gasteiger partial charge on any atom is -0.333 e. The molecule has 0 radical (unpaired) electrons. The molecule has 0 saturated heterocycles. The highest BCUT2D eigenvalue weighted by molar-refractivity contribution is 5.77. The molecule has 0 unspecified atom stereocenters. The van der Waals surface area contributed by atoms with Crippen LogP contribution in [0.25, 0.3) is 0 Å². The van der Waals surface area contributed by atoms with Crippen LogP contribution in [0.1, 0.15) is 42.2 Å². The first kappa shape index (κ1) is 24.8. The molecule has 4 rings (SSSR count). The molecular formula is C24H24F5N5O. The normalized spacial score (nSPS) is 15.5. The fraction of sp³-hybridized carbons (Fsp3) is 0.375. The van der Waals surface area contributed by atoms with Crippen molar-refractivity contribution in [2.45, 2.75) is 51.1 Å². The molecule has 1 amide bonds. The number of carbonyl (C=O) groups is 1. The maximum absolute atomic E-state index is 13.8. The van der Waals surface area contributed by atoms with Crippen molar-refractivity contribution < 1.29 is 26.7 Å². The van der Waals surface area contributed by atoms with Crippen molar-refractivity contribution in [2.24, 2.45) is 0 Å². The summed E-state index contributed by atoms with van der Waals surface area (Å²) in [5, 5.41) is 10.2. The summed E-state index contributed by atoms with van der Waals surface area (Å²) < 4.78 is 67.4. The molecule has 1 aliphatic rings. The van der Waals surface area contributed by atoms with Gasteiger partial charge >= 0.3 is 6.18 Å². The second kappa shape index (κ2) is 10.1. The van der Waals surface area contributed by atoms with Gasteiger partial charge in [0.25, 0.3) is 0 Å². The Labute approximate surface area is 198 Å². The summed E-state index contributed by atoms with van der Waals surface area (Å²) >= 11 is 0. The standard InChI is InChI=1S/C24H24F5N5O/c1-15(17-5-3-2-4-6-17)30-18(11-16-7-8-19(25)20(26)12-16)13-22(35)33-9-10-34-21(14-33)31-32-23(34)24(27,28)29/h2-8,12,15,18,30H,9-11,13-14H2,1H3/t15-,18-/m1/s1. The maximum Gasteiger partial charge on any atom is 0.451 e. The van der Waals surface area contributed by atoms with Crippen molar-refractivity contribution in [2.75, 3.05) is 6.54 Å². The number of benzene rings is 2. The van der Waals surface area contributed by atoms with Crippen LogP contribution in [-0.4, -0.2) is 38.2 Å². The van der Waals surface area contributed by atoms with Gasteiger partial charge in [0.1, 0.15) is 0 Å². The van der Waals surface area contributed by atoms with Gasteiger partial charge in [-0.05, 0) is 36.6 Å². The van der Waals surface area contributed by atoms with E-state index in [0.29, 0.717) is 5.56 Å². The number of carbonyl (C=O) groups excluding carboxylic acids is 1. The number of nitrogens with one attached hydrogen (secondary N) is 1. The summed E-state index contributed by atoms with van der Waals surface area (Å²) in [7, 11) is 0. The van der Waals surface area contributed by atoms with Crippen LogP contribution < -0.4 is 5.32 Å². The highest BCUT2D eigenvalue weighted by Gasteiger charge is 2.40. The number of halogens is 5. The summed E-state index contributed by atoms with van der Waals surface area (Å²) in [4.78, 5) is 14.6. The number of fused-ring (bicyclic) bond motifs is 1. The summed E-state index contributed by atoms with van der Waals surface area (Å²) in [6.07, 6.45) is -4.36. The zero-order chi connectivity index (χ0) is 25.2. The molecule has 0 saturated carbocycles. The minimum absolute atomic E-state index is 0.0104. The third kappa shape index (κ3) is 5.84. The van der Waals surface area contributed by atoms with Crippen LogP contribution in [0.2, 0.25) is 0 Å². The lowest BCUT2D eigenvalue weighted by molar-refractivity contribution is -0.148. The SMILES string of the molecule is C[C@@H](N[C@@H](CC(=O)N1CCn2c(nnc2C(F)(F)F)C1)Cc1ccc(F)c(F)c1)c1ccccc1. The molecular weight excluding hydrogens is 469 g/mol. The Morgan fingerprint density at radius 3 is 2.49 bits per heavy atom. The monoisotopic (exact) mass is 493 g/mol. The number of rotatable bonds is 7. The lowest BCUT2D eigenvalue weighted by Gasteiger charge is -2.30. The second-order valence-electron chi connectivity index (χ2n) is 8.56. The predicted octanol–water partition coefficient (Wildman–Crippen LogP) is 4.27. The number of amides is 1. The molecule has 1 aromatic heterocycles. The van der Waals surface area contributed by atoms with E-state index in [9.17, 15) is 26.7 Å². The molecule has 0 spiro atoms. The van der Waals surface area contributed by atoms with E-state index in [1.54, 1.807) is 0 Å². The van der Waals surface area contributed by atoms with E-state index in [1.807, 2.05) is 37.3 Å². The van der Waals surface area contributed by atoms with E-state index in [0.717, 1.165) is 22.3 Å². The van der Waals surface area contributed by atoms with E-state index < -0.39 is 29.7 Å². The first-order chi connectivity index (χ1) is 16.6. The predicted molar refractivity (Wildman–Crippen MR) is 117 cm³/mol. The van der Waals surface area contributed by atoms with Crippen LogP contribution in [0.5, 0.6) is 0 Å². The van der Waals surface area contributed by atoms with Crippen molar-refractivity contribution in [3.8, 4) is 0 Å². The van der Waals surface area contributed by atoms with Crippen molar-refractivity contribution in [1.29, 1.82) is 0 Å². The number of alkyl halides is 3. The van der Waals surface area contributed by atoms with Gasteiger partial charge < -0.3 is 14.8 Å². The number of aromatic nitrogens is 3. The van der Waals surface area contributed by atoms with Crippen LogP contribution in [-0.2, 0) is 30.5 Å². The Balaban J connectivity index is 1.49. The summed E-state index contributed by atoms with van der Waals surface area (Å²) in [6, 6.07) is 12.6. The molecule has 2 atom stereocenters. The fourth-order valence-corrected chi connectivity index (χ4v) is 4.25. The molecule has 0 bridgehead atoms. The average molecular weight is 493 g/mol. The van der Waals surface area contributed by atoms with Gasteiger partial charge in [0.05, 0.1) is 6.54 Å². The molecule has 2 aromatic carbocycles. The molecule has 1 aliphatic heterocycles. The van der Waals surface area contributed by atoms with Crippen LogP contribution >= 0.6 is 0 Å². The van der Waals surface area contributed by atoms with Gasteiger partial charge in [-0.2, -0.15) is 13.2 Å². The van der Waals surface area contributed by atoms with E-state index in [1.165, 1.54) is 11.0 Å². The first-order valence-corrected chi connectivity index (χ1v) is 11.1. The molecule has 11 heteroatoms. The van der Waals surface area contributed by atoms with Crippen LogP contribution in [0.4, 0.5) is 22.0 Å². The molecule has 2 heterocycles. The second-order valence-corrected chi connectivity index (χ2v) is 8.56. The summed E-state index contributed by atoms with van der Waals surface area (Å²) in [5.74, 6) is -3.22. The molecule has 1 N–H and O–H groups in total. The van der Waals surface area contributed by atoms with Crippen LogP contribution in [0, 0.1) is 11.6 Å². The zero-order valence-corrected chi connectivity index (χ0v) is 18.9. The summed E-state index contributed by atoms with van der Waals surface area (Å²) in [6.45, 7) is 1.86. The Bertz CT molecular complexity index is 1180. The van der Waals surface area contributed by atoms with Gasteiger partial charge in [-0.25, -0.2) is 8.78 Å². The molecule has 6 nitrogen and oxygen atoms in total. The first-order valence-electron chi connectivity index (χ1n) is 11.1. The molecule has 186 valence electrons. The van der Waals surface area contributed by atoms with Crippen molar-refractivity contribution in [3.05, 3.63) is 82.9 Å². The molecule has 3 aromatic rings. The molecule has 35 heavy (non-hydrogen) atoms. The van der Waals surface area contributed by atoms with Gasteiger partial charge in [-0.15, -0.1) is 10.2 Å². The molecule has 0 aliphatic carbocycles. The number of hydrogen-bond acceptors (Lipinski definition) is 4. The number of nitrogens with zero attached hydrogens (tertiary/aromatic N) is 4. The smallest absolute Gasteiger partial charge is 0.333 e. The van der Waals surface area contributed by atoms with E-state index >= 15 is 0 Å². The highest BCUT2D eigenvalue weighted by atomic mass is 19.4. The Kier molecular flexibility index (Phi) is 7.15. The zero-order valence-electron chi connectivity index (χ0n) is 18.9. The van der Waals surface area contributed by atoms with Gasteiger partial charge in [0.15, 0.2) is 17.5 Å². The highest BCUT2D eigenvalue weighted by Crippen LogP contribution is 2.29. The van der Waals surface area contributed by atoms with Crippen molar-refractivity contribution in [3.63, 3.8) is 0 Å². The fourth-order valence-electron chi connectivity index (χ4n) is 4.25. The minimum atomic E-state index is -4.62. The van der Waals surface area contributed by atoms with Crippen LogP contribution in [0.3, 0.4) is 0 Å².